The highest BCUT2D eigenvalue weighted by Gasteiger charge is 2.05. The molecule has 0 aromatic rings. The van der Waals surface area contributed by atoms with Gasteiger partial charge in [-0.15, -0.1) is 6.58 Å². The fourth-order valence-electron chi connectivity index (χ4n) is 1.69. The highest BCUT2D eigenvalue weighted by molar-refractivity contribution is 4.67. The van der Waals surface area contributed by atoms with Crippen molar-refractivity contribution in [3.05, 3.63) is 12.7 Å². The van der Waals surface area contributed by atoms with Crippen LogP contribution in [0.15, 0.2) is 12.7 Å². The van der Waals surface area contributed by atoms with Gasteiger partial charge in [0.25, 0.3) is 0 Å². The van der Waals surface area contributed by atoms with Crippen molar-refractivity contribution in [1.82, 2.24) is 4.90 Å². The number of unbranched alkanes of at least 4 members (excludes halogenated alkanes) is 1. The molecule has 0 heterocycles. The Morgan fingerprint density at radius 1 is 1.43 bits per heavy atom. The third-order valence-electron chi connectivity index (χ3n) is 2.47. The molecule has 0 fully saturated rings. The van der Waals surface area contributed by atoms with E-state index in [9.17, 15) is 0 Å². The molecule has 0 bridgehead atoms. The van der Waals surface area contributed by atoms with Crippen molar-refractivity contribution in [2.45, 2.75) is 32.6 Å². The Labute approximate surface area is 89.2 Å². The van der Waals surface area contributed by atoms with Crippen molar-refractivity contribution in [2.75, 3.05) is 26.7 Å². The van der Waals surface area contributed by atoms with Gasteiger partial charge in [0.1, 0.15) is 0 Å². The molecule has 84 valence electrons. The SMILES string of the molecule is C=CCCCN(C)CC(C)CCCN. The smallest absolute Gasteiger partial charge is 0.000398 e. The molecule has 0 saturated carbocycles. The van der Waals surface area contributed by atoms with Gasteiger partial charge in [-0.2, -0.15) is 0 Å². The summed E-state index contributed by atoms with van der Waals surface area (Å²) in [6.45, 7) is 9.23. The van der Waals surface area contributed by atoms with E-state index in [0.29, 0.717) is 0 Å². The summed E-state index contributed by atoms with van der Waals surface area (Å²) in [5.74, 6) is 0.771. The topological polar surface area (TPSA) is 29.3 Å². The molecular weight excluding hydrogens is 172 g/mol. The summed E-state index contributed by atoms with van der Waals surface area (Å²) in [7, 11) is 2.20. The van der Waals surface area contributed by atoms with Gasteiger partial charge in [0.05, 0.1) is 0 Å². The molecule has 0 aliphatic rings. The lowest BCUT2D eigenvalue weighted by atomic mass is 10.1. The molecule has 2 heteroatoms. The third-order valence-corrected chi connectivity index (χ3v) is 2.47. The van der Waals surface area contributed by atoms with Crippen molar-refractivity contribution in [2.24, 2.45) is 11.7 Å². The normalized spacial score (nSPS) is 13.1. The maximum Gasteiger partial charge on any atom is 0.000398 e. The molecule has 0 saturated heterocycles. The summed E-state index contributed by atoms with van der Waals surface area (Å²) in [6, 6.07) is 0. The molecular formula is C12H26N2. The predicted molar refractivity (Wildman–Crippen MR) is 64.4 cm³/mol. The number of hydrogen-bond donors (Lipinski definition) is 1. The van der Waals surface area contributed by atoms with Gasteiger partial charge in [-0.3, -0.25) is 0 Å². The quantitative estimate of drug-likeness (QED) is 0.455. The second-order valence-corrected chi connectivity index (χ2v) is 4.23. The maximum absolute atomic E-state index is 5.48. The van der Waals surface area contributed by atoms with Gasteiger partial charge in [0.15, 0.2) is 0 Å². The Bertz CT molecular complexity index is 134. The van der Waals surface area contributed by atoms with Crippen LogP contribution in [0.25, 0.3) is 0 Å². The Balaban J connectivity index is 3.39. The van der Waals surface area contributed by atoms with Crippen LogP contribution in [0.2, 0.25) is 0 Å². The van der Waals surface area contributed by atoms with Gasteiger partial charge < -0.3 is 10.6 Å². The van der Waals surface area contributed by atoms with E-state index >= 15 is 0 Å². The molecule has 2 nitrogen and oxygen atoms in total. The minimum atomic E-state index is 0.771. The number of rotatable bonds is 9. The summed E-state index contributed by atoms with van der Waals surface area (Å²) >= 11 is 0. The second kappa shape index (κ2) is 9.22. The van der Waals surface area contributed by atoms with E-state index in [2.05, 4.69) is 25.5 Å². The first-order chi connectivity index (χ1) is 6.70. The Kier molecular flexibility index (Phi) is 9.00. The van der Waals surface area contributed by atoms with Crippen molar-refractivity contribution in [1.29, 1.82) is 0 Å². The van der Waals surface area contributed by atoms with Gasteiger partial charge in [-0.1, -0.05) is 13.0 Å². The van der Waals surface area contributed by atoms with E-state index in [-0.39, 0.29) is 0 Å². The first kappa shape index (κ1) is 13.7. The molecule has 0 spiro atoms. The zero-order valence-corrected chi connectivity index (χ0v) is 9.84. The number of hydrogen-bond acceptors (Lipinski definition) is 2. The standard InChI is InChI=1S/C12H26N2/c1-4-5-6-10-14(3)11-12(2)8-7-9-13/h4,12H,1,5-11,13H2,2-3H3. The Morgan fingerprint density at radius 3 is 2.71 bits per heavy atom. The largest absolute Gasteiger partial charge is 0.330 e. The van der Waals surface area contributed by atoms with Gasteiger partial charge in [-0.25, -0.2) is 0 Å². The first-order valence-electron chi connectivity index (χ1n) is 5.70. The zero-order valence-electron chi connectivity index (χ0n) is 9.84. The molecule has 2 N–H and O–H groups in total. The van der Waals surface area contributed by atoms with Gasteiger partial charge in [0, 0.05) is 6.54 Å². The van der Waals surface area contributed by atoms with Crippen LogP contribution in [0, 0.1) is 5.92 Å². The molecule has 0 rings (SSSR count). The fourth-order valence-corrected chi connectivity index (χ4v) is 1.69. The molecule has 0 aromatic heterocycles. The molecule has 0 amide bonds. The molecule has 14 heavy (non-hydrogen) atoms. The average molecular weight is 198 g/mol. The van der Waals surface area contributed by atoms with Crippen LogP contribution in [-0.2, 0) is 0 Å². The van der Waals surface area contributed by atoms with E-state index in [1.807, 2.05) is 6.08 Å². The number of allylic oxidation sites excluding steroid dienone is 1. The van der Waals surface area contributed by atoms with E-state index in [4.69, 9.17) is 5.73 Å². The zero-order chi connectivity index (χ0) is 10.8. The van der Waals surface area contributed by atoms with Crippen LogP contribution in [0.4, 0.5) is 0 Å². The first-order valence-corrected chi connectivity index (χ1v) is 5.70. The molecule has 0 aromatic carbocycles. The molecule has 1 atom stereocenters. The summed E-state index contributed by atoms with van der Waals surface area (Å²) in [5.41, 5.74) is 5.48. The van der Waals surface area contributed by atoms with Crippen molar-refractivity contribution >= 4 is 0 Å². The molecule has 1 unspecified atom stereocenters. The predicted octanol–water partition coefficient (Wildman–Crippen LogP) is 2.26. The van der Waals surface area contributed by atoms with Crippen molar-refractivity contribution < 1.29 is 0 Å². The summed E-state index contributed by atoms with van der Waals surface area (Å²) in [6.07, 6.45) is 6.75. The van der Waals surface area contributed by atoms with E-state index in [0.717, 1.165) is 25.3 Å². The van der Waals surface area contributed by atoms with Crippen LogP contribution in [0.3, 0.4) is 0 Å². The van der Waals surface area contributed by atoms with Gasteiger partial charge >= 0.3 is 0 Å². The van der Waals surface area contributed by atoms with Crippen LogP contribution in [0.5, 0.6) is 0 Å². The van der Waals surface area contributed by atoms with Crippen LogP contribution < -0.4 is 5.73 Å². The van der Waals surface area contributed by atoms with E-state index < -0.39 is 0 Å². The lowest BCUT2D eigenvalue weighted by Gasteiger charge is -2.20. The highest BCUT2D eigenvalue weighted by atomic mass is 15.1. The third kappa shape index (κ3) is 8.27. The van der Waals surface area contributed by atoms with Crippen LogP contribution in [-0.4, -0.2) is 31.6 Å². The van der Waals surface area contributed by atoms with Crippen molar-refractivity contribution in [3.8, 4) is 0 Å². The number of nitrogens with two attached hydrogens (primary N) is 1. The molecule has 0 aliphatic carbocycles. The minimum absolute atomic E-state index is 0.771. The average Bonchev–Trinajstić information content (AvgIpc) is 2.15. The second-order valence-electron chi connectivity index (χ2n) is 4.23. The van der Waals surface area contributed by atoms with E-state index in [1.54, 1.807) is 0 Å². The fraction of sp³-hybridized carbons (Fsp3) is 0.833. The Hall–Kier alpha value is -0.340. The lowest BCUT2D eigenvalue weighted by Crippen LogP contribution is -2.25. The van der Waals surface area contributed by atoms with Gasteiger partial charge in [0.2, 0.25) is 0 Å². The monoisotopic (exact) mass is 198 g/mol. The van der Waals surface area contributed by atoms with Crippen molar-refractivity contribution in [3.63, 3.8) is 0 Å². The van der Waals surface area contributed by atoms with Crippen LogP contribution >= 0.6 is 0 Å². The lowest BCUT2D eigenvalue weighted by molar-refractivity contribution is 0.274. The minimum Gasteiger partial charge on any atom is -0.330 e. The van der Waals surface area contributed by atoms with Gasteiger partial charge in [-0.05, 0) is 51.7 Å². The summed E-state index contributed by atoms with van der Waals surface area (Å²) in [5, 5.41) is 0. The number of nitrogens with zero attached hydrogens (tertiary/aromatic N) is 1. The van der Waals surface area contributed by atoms with E-state index in [1.165, 1.54) is 25.9 Å². The summed E-state index contributed by atoms with van der Waals surface area (Å²) < 4.78 is 0. The van der Waals surface area contributed by atoms with Crippen LogP contribution in [0.1, 0.15) is 32.6 Å². The Morgan fingerprint density at radius 2 is 2.14 bits per heavy atom. The molecule has 0 radical (unpaired) electrons. The summed E-state index contributed by atoms with van der Waals surface area (Å²) in [4.78, 5) is 2.41. The highest BCUT2D eigenvalue weighted by Crippen LogP contribution is 2.06. The maximum atomic E-state index is 5.48. The molecule has 0 aliphatic heterocycles.